The molecule has 0 spiro atoms. The molecular weight excluding hydrogens is 248 g/mol. The highest BCUT2D eigenvalue weighted by molar-refractivity contribution is 7.98. The fourth-order valence-electron chi connectivity index (χ4n) is 1.34. The number of nitrogens with zero attached hydrogens (tertiary/aromatic N) is 4. The van der Waals surface area contributed by atoms with Gasteiger partial charge < -0.3 is 10.6 Å². The molecule has 0 aliphatic carbocycles. The second-order valence-electron chi connectivity index (χ2n) is 3.44. The molecule has 0 unspecified atom stereocenters. The fourth-order valence-corrected chi connectivity index (χ4v) is 1.72. The van der Waals surface area contributed by atoms with Crippen molar-refractivity contribution in [3.63, 3.8) is 0 Å². The predicted octanol–water partition coefficient (Wildman–Crippen LogP) is 1.64. The third kappa shape index (κ3) is 3.30. The van der Waals surface area contributed by atoms with Crippen LogP contribution < -0.4 is 10.6 Å². The lowest BCUT2D eigenvalue weighted by molar-refractivity contribution is 0.906. The molecule has 2 rings (SSSR count). The topological polar surface area (TPSA) is 75.6 Å². The maximum atomic E-state index is 4.37. The molecule has 0 saturated carbocycles. The second-order valence-corrected chi connectivity index (χ2v) is 4.22. The van der Waals surface area contributed by atoms with Gasteiger partial charge in [-0.05, 0) is 18.4 Å². The van der Waals surface area contributed by atoms with E-state index in [-0.39, 0.29) is 0 Å². The van der Waals surface area contributed by atoms with E-state index >= 15 is 0 Å². The first kappa shape index (κ1) is 12.6. The summed E-state index contributed by atoms with van der Waals surface area (Å²) >= 11 is 1.50. The summed E-state index contributed by atoms with van der Waals surface area (Å²) in [5.41, 5.74) is 0.868. The molecule has 7 heteroatoms. The van der Waals surface area contributed by atoms with E-state index in [9.17, 15) is 0 Å². The maximum absolute atomic E-state index is 4.37. The van der Waals surface area contributed by atoms with Gasteiger partial charge in [0.05, 0.1) is 12.2 Å². The van der Waals surface area contributed by atoms with E-state index in [2.05, 4.69) is 30.8 Å². The first-order valence-electron chi connectivity index (χ1n) is 5.43. The standard InChI is InChI=1S/C11H14N6S/c1-12-9-6-10(16-11(15-9)18-2)13-7-8-4-3-5-14-17-8/h3-6H,7H2,1-2H3,(H2,12,13,15,16). The number of anilines is 2. The Hall–Kier alpha value is -1.89. The molecule has 2 heterocycles. The zero-order chi connectivity index (χ0) is 12.8. The Morgan fingerprint density at radius 1 is 1.28 bits per heavy atom. The van der Waals surface area contributed by atoms with Crippen molar-refractivity contribution in [2.24, 2.45) is 0 Å². The minimum Gasteiger partial charge on any atom is -0.373 e. The number of hydrogen-bond donors (Lipinski definition) is 2. The molecule has 94 valence electrons. The average molecular weight is 262 g/mol. The summed E-state index contributed by atoms with van der Waals surface area (Å²) in [5.74, 6) is 1.56. The van der Waals surface area contributed by atoms with Crippen LogP contribution in [0, 0.1) is 0 Å². The molecule has 2 aromatic heterocycles. The highest BCUT2D eigenvalue weighted by Gasteiger charge is 2.03. The average Bonchev–Trinajstić information content (AvgIpc) is 2.45. The lowest BCUT2D eigenvalue weighted by Gasteiger charge is -2.08. The van der Waals surface area contributed by atoms with E-state index in [1.165, 1.54) is 11.8 Å². The van der Waals surface area contributed by atoms with Gasteiger partial charge in [-0.25, -0.2) is 9.97 Å². The molecule has 0 fully saturated rings. The van der Waals surface area contributed by atoms with Crippen LogP contribution in [-0.2, 0) is 6.54 Å². The molecule has 2 N–H and O–H groups in total. The Morgan fingerprint density at radius 3 is 2.78 bits per heavy atom. The molecule has 0 amide bonds. The monoisotopic (exact) mass is 262 g/mol. The lowest BCUT2D eigenvalue weighted by Crippen LogP contribution is -2.06. The van der Waals surface area contributed by atoms with Gasteiger partial charge in [0.15, 0.2) is 5.16 Å². The van der Waals surface area contributed by atoms with Gasteiger partial charge in [-0.3, -0.25) is 0 Å². The molecule has 18 heavy (non-hydrogen) atoms. The van der Waals surface area contributed by atoms with Crippen LogP contribution in [0.4, 0.5) is 11.6 Å². The molecule has 0 atom stereocenters. The third-order valence-electron chi connectivity index (χ3n) is 2.22. The Balaban J connectivity index is 2.09. The lowest BCUT2D eigenvalue weighted by atomic mass is 10.4. The van der Waals surface area contributed by atoms with Gasteiger partial charge in [0, 0.05) is 19.3 Å². The van der Waals surface area contributed by atoms with E-state index in [4.69, 9.17) is 0 Å². The predicted molar refractivity (Wildman–Crippen MR) is 72.7 cm³/mol. The van der Waals surface area contributed by atoms with Crippen LogP contribution in [0.25, 0.3) is 0 Å². The summed E-state index contributed by atoms with van der Waals surface area (Å²) in [6.45, 7) is 0.585. The van der Waals surface area contributed by atoms with Crippen LogP contribution >= 0.6 is 11.8 Å². The van der Waals surface area contributed by atoms with Gasteiger partial charge in [0.25, 0.3) is 0 Å². The number of thioether (sulfide) groups is 1. The van der Waals surface area contributed by atoms with E-state index < -0.39 is 0 Å². The van der Waals surface area contributed by atoms with Gasteiger partial charge in [0.1, 0.15) is 11.6 Å². The zero-order valence-electron chi connectivity index (χ0n) is 10.2. The van der Waals surface area contributed by atoms with Crippen LogP contribution in [0.1, 0.15) is 5.69 Å². The number of nitrogens with one attached hydrogen (secondary N) is 2. The van der Waals surface area contributed by atoms with Gasteiger partial charge >= 0.3 is 0 Å². The molecule has 0 bridgehead atoms. The highest BCUT2D eigenvalue weighted by atomic mass is 32.2. The quantitative estimate of drug-likeness (QED) is 0.626. The number of hydrogen-bond acceptors (Lipinski definition) is 7. The summed E-state index contributed by atoms with van der Waals surface area (Å²) in [7, 11) is 1.83. The molecule has 6 nitrogen and oxygen atoms in total. The van der Waals surface area contributed by atoms with Crippen molar-refractivity contribution in [2.75, 3.05) is 23.9 Å². The third-order valence-corrected chi connectivity index (χ3v) is 2.77. The van der Waals surface area contributed by atoms with Gasteiger partial charge in [-0.15, -0.1) is 0 Å². The van der Waals surface area contributed by atoms with Crippen molar-refractivity contribution >= 4 is 23.4 Å². The summed E-state index contributed by atoms with van der Waals surface area (Å²) in [6.07, 6.45) is 3.60. The molecule has 0 radical (unpaired) electrons. The van der Waals surface area contributed by atoms with Gasteiger partial charge in [-0.1, -0.05) is 11.8 Å². The highest BCUT2D eigenvalue weighted by Crippen LogP contribution is 2.17. The van der Waals surface area contributed by atoms with Crippen molar-refractivity contribution in [3.05, 3.63) is 30.1 Å². The van der Waals surface area contributed by atoms with Crippen LogP contribution in [0.5, 0.6) is 0 Å². The summed E-state index contributed by atoms with van der Waals surface area (Å²) in [5, 5.41) is 14.8. The van der Waals surface area contributed by atoms with Crippen LogP contribution in [0.15, 0.2) is 29.6 Å². The van der Waals surface area contributed by atoms with Crippen LogP contribution in [-0.4, -0.2) is 33.5 Å². The van der Waals surface area contributed by atoms with Crippen molar-refractivity contribution in [1.29, 1.82) is 0 Å². The first-order chi connectivity index (χ1) is 8.81. The second kappa shape index (κ2) is 6.15. The normalized spacial score (nSPS) is 10.1. The number of aromatic nitrogens is 4. The summed E-state index contributed by atoms with van der Waals surface area (Å²) in [6, 6.07) is 5.63. The van der Waals surface area contributed by atoms with Crippen LogP contribution in [0.3, 0.4) is 0 Å². The van der Waals surface area contributed by atoms with Gasteiger partial charge in [0.2, 0.25) is 0 Å². The van der Waals surface area contributed by atoms with Gasteiger partial charge in [-0.2, -0.15) is 10.2 Å². The smallest absolute Gasteiger partial charge is 0.191 e. The largest absolute Gasteiger partial charge is 0.373 e. The van der Waals surface area contributed by atoms with Crippen molar-refractivity contribution in [2.45, 2.75) is 11.7 Å². The molecular formula is C11H14N6S. The van der Waals surface area contributed by atoms with Crippen molar-refractivity contribution in [3.8, 4) is 0 Å². The molecule has 2 aromatic rings. The fraction of sp³-hybridized carbons (Fsp3) is 0.273. The van der Waals surface area contributed by atoms with E-state index in [1.54, 1.807) is 6.20 Å². The first-order valence-corrected chi connectivity index (χ1v) is 6.65. The Labute approximate surface area is 110 Å². The maximum Gasteiger partial charge on any atom is 0.191 e. The summed E-state index contributed by atoms with van der Waals surface area (Å²) < 4.78 is 0. The number of rotatable bonds is 5. The Kier molecular flexibility index (Phi) is 4.30. The SMILES string of the molecule is CNc1cc(NCc2cccnn2)nc(SC)n1. The minimum absolute atomic E-state index is 0.585. The summed E-state index contributed by atoms with van der Waals surface area (Å²) in [4.78, 5) is 8.67. The van der Waals surface area contributed by atoms with Crippen molar-refractivity contribution < 1.29 is 0 Å². The Morgan fingerprint density at radius 2 is 2.11 bits per heavy atom. The molecule has 0 saturated heterocycles. The van der Waals surface area contributed by atoms with E-state index in [0.29, 0.717) is 6.54 Å². The molecule has 0 aliphatic rings. The zero-order valence-corrected chi connectivity index (χ0v) is 11.0. The molecule has 0 aromatic carbocycles. The van der Waals surface area contributed by atoms with E-state index in [1.807, 2.05) is 31.5 Å². The van der Waals surface area contributed by atoms with Crippen LogP contribution in [0.2, 0.25) is 0 Å². The molecule has 0 aliphatic heterocycles. The van der Waals surface area contributed by atoms with Crippen molar-refractivity contribution in [1.82, 2.24) is 20.2 Å². The minimum atomic E-state index is 0.585. The van der Waals surface area contributed by atoms with E-state index in [0.717, 1.165) is 22.5 Å². The Bertz CT molecular complexity index is 482.